The highest BCUT2D eigenvalue weighted by Crippen LogP contribution is 2.26. The van der Waals surface area contributed by atoms with Crippen LogP contribution in [0.3, 0.4) is 0 Å². The van der Waals surface area contributed by atoms with Crippen molar-refractivity contribution in [2.75, 3.05) is 11.3 Å². The van der Waals surface area contributed by atoms with Gasteiger partial charge in [-0.25, -0.2) is 13.2 Å². The number of hydrogen-bond acceptors (Lipinski definition) is 5. The second-order valence-electron chi connectivity index (χ2n) is 5.88. The van der Waals surface area contributed by atoms with E-state index in [4.69, 9.17) is 26.6 Å². The Hall–Kier alpha value is -2.78. The third kappa shape index (κ3) is 5.61. The monoisotopic (exact) mass is 427 g/mol. The van der Waals surface area contributed by atoms with E-state index in [-0.39, 0.29) is 34.2 Å². The Morgan fingerprint density at radius 1 is 1.14 bits per heavy atom. The third-order valence-electron chi connectivity index (χ3n) is 3.70. The molecule has 2 aromatic rings. The molecule has 0 saturated carbocycles. The number of aromatic carboxylic acids is 1. The van der Waals surface area contributed by atoms with Crippen molar-refractivity contribution in [2.45, 2.75) is 24.7 Å². The van der Waals surface area contributed by atoms with Crippen molar-refractivity contribution in [1.29, 1.82) is 0 Å². The number of aryl methyl sites for hydroxylation is 1. The lowest BCUT2D eigenvalue weighted by molar-refractivity contribution is -0.137. The molecule has 0 aliphatic carbocycles. The summed E-state index contributed by atoms with van der Waals surface area (Å²) in [4.78, 5) is 21.6. The maximum absolute atomic E-state index is 12.6. The van der Waals surface area contributed by atoms with Crippen molar-refractivity contribution in [2.24, 2.45) is 0 Å². The van der Waals surface area contributed by atoms with Gasteiger partial charge in [-0.3, -0.25) is 9.52 Å². The van der Waals surface area contributed by atoms with Gasteiger partial charge in [0.1, 0.15) is 5.75 Å². The van der Waals surface area contributed by atoms with Crippen LogP contribution in [0.25, 0.3) is 0 Å². The van der Waals surface area contributed by atoms with E-state index in [1.165, 1.54) is 30.3 Å². The summed E-state index contributed by atoms with van der Waals surface area (Å²) >= 11 is 5.78. The van der Waals surface area contributed by atoms with Crippen LogP contribution in [0.5, 0.6) is 5.75 Å². The van der Waals surface area contributed by atoms with Gasteiger partial charge in [-0.2, -0.15) is 0 Å². The molecule has 3 N–H and O–H groups in total. The molecule has 0 atom stereocenters. The number of carboxylic acid groups (broad SMARTS) is 2. The van der Waals surface area contributed by atoms with E-state index in [9.17, 15) is 18.0 Å². The van der Waals surface area contributed by atoms with Crippen LogP contribution in [0.2, 0.25) is 5.02 Å². The molecule has 0 spiro atoms. The molecule has 28 heavy (non-hydrogen) atoms. The molecule has 0 saturated heterocycles. The highest BCUT2D eigenvalue weighted by molar-refractivity contribution is 7.92. The molecule has 0 aromatic heterocycles. The minimum absolute atomic E-state index is 0.00399. The zero-order chi connectivity index (χ0) is 20.9. The van der Waals surface area contributed by atoms with Crippen LogP contribution in [0, 0.1) is 6.92 Å². The number of anilines is 1. The maximum Gasteiger partial charge on any atom is 0.337 e. The Kier molecular flexibility index (Phi) is 6.87. The minimum atomic E-state index is -3.96. The van der Waals surface area contributed by atoms with Gasteiger partial charge in [0.05, 0.1) is 22.1 Å². The molecule has 2 rings (SSSR count). The van der Waals surface area contributed by atoms with Gasteiger partial charge in [0.15, 0.2) is 0 Å². The van der Waals surface area contributed by atoms with Crippen LogP contribution in [-0.4, -0.2) is 37.2 Å². The smallest absolute Gasteiger partial charge is 0.337 e. The van der Waals surface area contributed by atoms with Crippen molar-refractivity contribution >= 4 is 39.3 Å². The van der Waals surface area contributed by atoms with E-state index < -0.39 is 22.0 Å². The Morgan fingerprint density at radius 2 is 1.86 bits per heavy atom. The van der Waals surface area contributed by atoms with Crippen LogP contribution in [0.4, 0.5) is 5.69 Å². The second-order valence-corrected chi connectivity index (χ2v) is 7.97. The Morgan fingerprint density at radius 3 is 2.46 bits per heavy atom. The number of benzene rings is 2. The summed E-state index contributed by atoms with van der Waals surface area (Å²) < 4.78 is 32.9. The number of halogens is 1. The van der Waals surface area contributed by atoms with Crippen LogP contribution >= 0.6 is 11.6 Å². The first-order valence-electron chi connectivity index (χ1n) is 8.11. The molecule has 0 fully saturated rings. The fraction of sp³-hybridized carbons (Fsp3) is 0.222. The molecule has 0 radical (unpaired) electrons. The largest absolute Gasteiger partial charge is 0.493 e. The topological polar surface area (TPSA) is 130 Å². The molecular formula is C18H18ClNO7S. The van der Waals surface area contributed by atoms with Crippen molar-refractivity contribution in [3.05, 3.63) is 52.5 Å². The summed E-state index contributed by atoms with van der Waals surface area (Å²) in [5.74, 6) is -1.74. The molecule has 0 heterocycles. The average molecular weight is 428 g/mol. The number of aliphatic carboxylic acids is 1. The molecule has 0 aliphatic rings. The molecular weight excluding hydrogens is 410 g/mol. The van der Waals surface area contributed by atoms with E-state index in [1.54, 1.807) is 6.92 Å². The quantitative estimate of drug-likeness (QED) is 0.523. The SMILES string of the molecule is Cc1cc(S(=O)(=O)Nc2ccc(Cl)c(C(=O)O)c2)ccc1OCCCC(=O)O. The van der Waals surface area contributed by atoms with E-state index in [0.29, 0.717) is 17.7 Å². The third-order valence-corrected chi connectivity index (χ3v) is 5.41. The minimum Gasteiger partial charge on any atom is -0.493 e. The number of sulfonamides is 1. The number of hydrogen-bond donors (Lipinski definition) is 3. The lowest BCUT2D eigenvalue weighted by atomic mass is 10.2. The van der Waals surface area contributed by atoms with Gasteiger partial charge in [-0.15, -0.1) is 0 Å². The molecule has 150 valence electrons. The number of carbonyl (C=O) groups is 2. The summed E-state index contributed by atoms with van der Waals surface area (Å²) in [5, 5.41) is 17.7. The van der Waals surface area contributed by atoms with Gasteiger partial charge in [0, 0.05) is 12.1 Å². The Balaban J connectivity index is 2.15. The van der Waals surface area contributed by atoms with E-state index in [1.807, 2.05) is 0 Å². The second kappa shape index (κ2) is 8.94. The Bertz CT molecular complexity index is 1000. The predicted molar refractivity (Wildman–Crippen MR) is 103 cm³/mol. The van der Waals surface area contributed by atoms with Gasteiger partial charge >= 0.3 is 11.9 Å². The molecule has 10 heteroatoms. The van der Waals surface area contributed by atoms with Gasteiger partial charge in [-0.05, 0) is 55.3 Å². The zero-order valence-electron chi connectivity index (χ0n) is 14.8. The molecule has 2 aromatic carbocycles. The normalized spacial score (nSPS) is 11.1. The number of carboxylic acids is 2. The lowest BCUT2D eigenvalue weighted by Gasteiger charge is -2.12. The van der Waals surface area contributed by atoms with E-state index >= 15 is 0 Å². The van der Waals surface area contributed by atoms with Crippen molar-refractivity contribution in [3.8, 4) is 5.75 Å². The number of rotatable bonds is 9. The Labute approximate surface area is 166 Å². The maximum atomic E-state index is 12.6. The van der Waals surface area contributed by atoms with Crippen LogP contribution < -0.4 is 9.46 Å². The standard InChI is InChI=1S/C18H18ClNO7S/c1-11-9-13(5-7-16(11)27-8-2-3-17(21)22)28(25,26)20-12-4-6-15(19)14(10-12)18(23)24/h4-7,9-10,20H,2-3,8H2,1H3,(H,21,22)(H,23,24). The van der Waals surface area contributed by atoms with Crippen LogP contribution in [0.15, 0.2) is 41.3 Å². The summed E-state index contributed by atoms with van der Waals surface area (Å²) in [6.45, 7) is 1.86. The van der Waals surface area contributed by atoms with Gasteiger partial charge in [-0.1, -0.05) is 11.6 Å². The summed E-state index contributed by atoms with van der Waals surface area (Å²) in [5.41, 5.74) is 0.400. The van der Waals surface area contributed by atoms with E-state index in [0.717, 1.165) is 6.07 Å². The highest BCUT2D eigenvalue weighted by atomic mass is 35.5. The summed E-state index contributed by atoms with van der Waals surface area (Å²) in [7, 11) is -3.96. The predicted octanol–water partition coefficient (Wildman–Crippen LogP) is 3.39. The molecule has 0 bridgehead atoms. The first-order valence-corrected chi connectivity index (χ1v) is 9.97. The van der Waals surface area contributed by atoms with Crippen molar-refractivity contribution in [1.82, 2.24) is 0 Å². The lowest BCUT2D eigenvalue weighted by Crippen LogP contribution is -2.14. The summed E-state index contributed by atoms with van der Waals surface area (Å²) in [6, 6.07) is 8.02. The molecule has 0 aliphatic heterocycles. The molecule has 8 nitrogen and oxygen atoms in total. The number of nitrogens with one attached hydrogen (secondary N) is 1. The van der Waals surface area contributed by atoms with Crippen molar-refractivity contribution in [3.63, 3.8) is 0 Å². The molecule has 0 amide bonds. The van der Waals surface area contributed by atoms with Crippen LogP contribution in [0.1, 0.15) is 28.8 Å². The fourth-order valence-electron chi connectivity index (χ4n) is 2.32. The average Bonchev–Trinajstić information content (AvgIpc) is 2.60. The first kappa shape index (κ1) is 21.5. The summed E-state index contributed by atoms with van der Waals surface area (Å²) in [6.07, 6.45) is 0.313. The molecule has 0 unspecified atom stereocenters. The number of ether oxygens (including phenoxy) is 1. The van der Waals surface area contributed by atoms with Crippen molar-refractivity contribution < 1.29 is 33.0 Å². The van der Waals surface area contributed by atoms with E-state index in [2.05, 4.69) is 4.72 Å². The zero-order valence-corrected chi connectivity index (χ0v) is 16.4. The van der Waals surface area contributed by atoms with Crippen LogP contribution in [-0.2, 0) is 14.8 Å². The van der Waals surface area contributed by atoms with Gasteiger partial charge in [0.25, 0.3) is 10.0 Å². The van der Waals surface area contributed by atoms with Gasteiger partial charge in [0.2, 0.25) is 0 Å². The fourth-order valence-corrected chi connectivity index (χ4v) is 3.66. The first-order chi connectivity index (χ1) is 13.1. The van der Waals surface area contributed by atoms with Gasteiger partial charge < -0.3 is 14.9 Å². The highest BCUT2D eigenvalue weighted by Gasteiger charge is 2.18.